The van der Waals surface area contributed by atoms with Gasteiger partial charge in [0.1, 0.15) is 5.75 Å². The van der Waals surface area contributed by atoms with Crippen LogP contribution in [0.4, 0.5) is 0 Å². The van der Waals surface area contributed by atoms with E-state index in [1.807, 2.05) is 6.07 Å². The number of rotatable bonds is 5. The molecule has 0 aromatic heterocycles. The zero-order valence-electron chi connectivity index (χ0n) is 12.5. The van der Waals surface area contributed by atoms with Gasteiger partial charge in [-0.2, -0.15) is 0 Å². The third kappa shape index (κ3) is 3.26. The molecule has 0 spiro atoms. The van der Waals surface area contributed by atoms with Gasteiger partial charge in [0.25, 0.3) is 0 Å². The van der Waals surface area contributed by atoms with Gasteiger partial charge >= 0.3 is 0 Å². The van der Waals surface area contributed by atoms with Gasteiger partial charge in [0.15, 0.2) is 0 Å². The van der Waals surface area contributed by atoms with Gasteiger partial charge in [-0.25, -0.2) is 0 Å². The first-order valence-corrected chi connectivity index (χ1v) is 7.44. The molecule has 1 aliphatic rings. The summed E-state index contributed by atoms with van der Waals surface area (Å²) in [6.45, 7) is 3.35. The maximum Gasteiger partial charge on any atom is 0.122 e. The van der Waals surface area contributed by atoms with E-state index in [1.54, 1.807) is 0 Å². The second-order valence-corrected chi connectivity index (χ2v) is 5.76. The first-order chi connectivity index (χ1) is 10.3. The molecule has 2 aromatic rings. The molecule has 110 valence electrons. The highest BCUT2D eigenvalue weighted by atomic mass is 16.5. The minimum absolute atomic E-state index is 0.467. The van der Waals surface area contributed by atoms with E-state index in [0.29, 0.717) is 12.5 Å². The summed E-state index contributed by atoms with van der Waals surface area (Å²) < 4.78 is 5.75. The van der Waals surface area contributed by atoms with Gasteiger partial charge < -0.3 is 15.4 Å². The van der Waals surface area contributed by atoms with Gasteiger partial charge in [-0.05, 0) is 24.2 Å². The lowest BCUT2D eigenvalue weighted by Gasteiger charge is -2.20. The van der Waals surface area contributed by atoms with E-state index in [0.717, 1.165) is 25.4 Å². The number of fused-ring (bicyclic) bond motifs is 1. The number of nitrogens with two attached hydrogens (primary N) is 1. The number of ether oxygens (including phenoxy) is 1. The van der Waals surface area contributed by atoms with Crippen molar-refractivity contribution in [1.29, 1.82) is 0 Å². The molecule has 1 atom stereocenters. The zero-order chi connectivity index (χ0) is 14.7. The highest BCUT2D eigenvalue weighted by Gasteiger charge is 2.24. The van der Waals surface area contributed by atoms with E-state index in [4.69, 9.17) is 10.5 Å². The molecule has 2 N–H and O–H groups in total. The first kappa shape index (κ1) is 14.1. The molecule has 1 heterocycles. The van der Waals surface area contributed by atoms with Crippen molar-refractivity contribution in [2.45, 2.75) is 19.0 Å². The van der Waals surface area contributed by atoms with Crippen molar-refractivity contribution >= 4 is 0 Å². The first-order valence-electron chi connectivity index (χ1n) is 7.44. The van der Waals surface area contributed by atoms with E-state index in [2.05, 4.69) is 54.4 Å². The fourth-order valence-corrected chi connectivity index (χ4v) is 2.91. The van der Waals surface area contributed by atoms with Gasteiger partial charge in [0.05, 0.1) is 6.61 Å². The molecule has 1 unspecified atom stereocenters. The van der Waals surface area contributed by atoms with Crippen LogP contribution in [-0.4, -0.2) is 25.1 Å². The molecule has 2 aromatic carbocycles. The molecule has 0 radical (unpaired) electrons. The molecule has 3 heteroatoms. The summed E-state index contributed by atoms with van der Waals surface area (Å²) in [6, 6.07) is 16.9. The highest BCUT2D eigenvalue weighted by Crippen LogP contribution is 2.33. The monoisotopic (exact) mass is 282 g/mol. The average Bonchev–Trinajstić information content (AvgIpc) is 2.91. The van der Waals surface area contributed by atoms with E-state index in [-0.39, 0.29) is 0 Å². The van der Waals surface area contributed by atoms with Crippen LogP contribution in [0, 0.1) is 0 Å². The van der Waals surface area contributed by atoms with E-state index >= 15 is 0 Å². The van der Waals surface area contributed by atoms with Gasteiger partial charge in [-0.1, -0.05) is 42.5 Å². The van der Waals surface area contributed by atoms with Gasteiger partial charge in [0, 0.05) is 31.1 Å². The normalized spacial score (nSPS) is 16.8. The van der Waals surface area contributed by atoms with Crippen molar-refractivity contribution in [3.05, 3.63) is 65.2 Å². The molecule has 0 aliphatic carbocycles. The quantitative estimate of drug-likeness (QED) is 0.916. The highest BCUT2D eigenvalue weighted by molar-refractivity contribution is 5.39. The molecule has 0 bridgehead atoms. The predicted molar refractivity (Wildman–Crippen MR) is 85.3 cm³/mol. The van der Waals surface area contributed by atoms with Crippen LogP contribution in [0.15, 0.2) is 48.5 Å². The summed E-state index contributed by atoms with van der Waals surface area (Å²) in [5.74, 6) is 1.51. The van der Waals surface area contributed by atoms with Crippen LogP contribution < -0.4 is 10.5 Å². The van der Waals surface area contributed by atoms with Crippen molar-refractivity contribution in [1.82, 2.24) is 4.90 Å². The average molecular weight is 282 g/mol. The smallest absolute Gasteiger partial charge is 0.122 e. The number of benzene rings is 2. The van der Waals surface area contributed by atoms with Crippen LogP contribution in [0.2, 0.25) is 0 Å². The number of hydrogen-bond donors (Lipinski definition) is 1. The number of hydrogen-bond acceptors (Lipinski definition) is 3. The molecular weight excluding hydrogens is 260 g/mol. The van der Waals surface area contributed by atoms with Crippen LogP contribution in [-0.2, 0) is 13.1 Å². The number of nitrogens with zero attached hydrogens (tertiary/aromatic N) is 1. The summed E-state index contributed by atoms with van der Waals surface area (Å²) in [5.41, 5.74) is 9.47. The van der Waals surface area contributed by atoms with Crippen LogP contribution in [0.1, 0.15) is 22.6 Å². The van der Waals surface area contributed by atoms with Crippen molar-refractivity contribution < 1.29 is 4.74 Å². The minimum atomic E-state index is 0.467. The lowest BCUT2D eigenvalue weighted by Crippen LogP contribution is -2.25. The molecule has 0 amide bonds. The molecule has 0 saturated carbocycles. The Bertz CT molecular complexity index is 594. The minimum Gasteiger partial charge on any atom is -0.493 e. The van der Waals surface area contributed by atoms with Crippen molar-refractivity contribution in [3.63, 3.8) is 0 Å². The zero-order valence-corrected chi connectivity index (χ0v) is 12.5. The SMILES string of the molecule is CN(Cc1ccc(CN)cc1)CC1COc2ccccc21. The third-order valence-electron chi connectivity index (χ3n) is 4.04. The van der Waals surface area contributed by atoms with Gasteiger partial charge in [0.2, 0.25) is 0 Å². The Balaban J connectivity index is 1.60. The maximum atomic E-state index is 5.75. The van der Waals surface area contributed by atoms with Crippen LogP contribution in [0.5, 0.6) is 5.75 Å². The Morgan fingerprint density at radius 3 is 2.57 bits per heavy atom. The van der Waals surface area contributed by atoms with E-state index < -0.39 is 0 Å². The molecule has 21 heavy (non-hydrogen) atoms. The summed E-state index contributed by atoms with van der Waals surface area (Å²) in [6.07, 6.45) is 0. The van der Waals surface area contributed by atoms with Gasteiger partial charge in [-0.15, -0.1) is 0 Å². The summed E-state index contributed by atoms with van der Waals surface area (Å²) in [4.78, 5) is 2.35. The van der Waals surface area contributed by atoms with Crippen molar-refractivity contribution in [2.75, 3.05) is 20.2 Å². The summed E-state index contributed by atoms with van der Waals surface area (Å²) in [5, 5.41) is 0. The number of likely N-dealkylation sites (N-methyl/N-ethyl adjacent to an activating group) is 1. The number of para-hydroxylation sites is 1. The second kappa shape index (κ2) is 6.29. The second-order valence-electron chi connectivity index (χ2n) is 5.76. The Hall–Kier alpha value is -1.84. The molecule has 3 rings (SSSR count). The fraction of sp³-hybridized carbons (Fsp3) is 0.333. The Kier molecular flexibility index (Phi) is 4.23. The third-order valence-corrected chi connectivity index (χ3v) is 4.04. The van der Waals surface area contributed by atoms with Crippen LogP contribution >= 0.6 is 0 Å². The predicted octanol–water partition coefficient (Wildman–Crippen LogP) is 2.75. The Morgan fingerprint density at radius 2 is 1.81 bits per heavy atom. The molecular formula is C18H22N2O. The maximum absolute atomic E-state index is 5.75. The molecule has 3 nitrogen and oxygen atoms in total. The summed E-state index contributed by atoms with van der Waals surface area (Å²) in [7, 11) is 2.16. The molecule has 0 saturated heterocycles. The Morgan fingerprint density at radius 1 is 1.10 bits per heavy atom. The molecule has 1 aliphatic heterocycles. The lowest BCUT2D eigenvalue weighted by atomic mass is 10.0. The lowest BCUT2D eigenvalue weighted by molar-refractivity contribution is 0.262. The van der Waals surface area contributed by atoms with Crippen LogP contribution in [0.25, 0.3) is 0 Å². The topological polar surface area (TPSA) is 38.5 Å². The largest absolute Gasteiger partial charge is 0.493 e. The fourth-order valence-electron chi connectivity index (χ4n) is 2.91. The standard InChI is InChI=1S/C18H22N2O/c1-20(11-15-8-6-14(10-19)7-9-15)12-16-13-21-18-5-3-2-4-17(16)18/h2-9,16H,10-13,19H2,1H3. The van der Waals surface area contributed by atoms with E-state index in [1.165, 1.54) is 16.7 Å². The van der Waals surface area contributed by atoms with E-state index in [9.17, 15) is 0 Å². The van der Waals surface area contributed by atoms with Gasteiger partial charge in [-0.3, -0.25) is 0 Å². The van der Waals surface area contributed by atoms with Crippen molar-refractivity contribution in [2.24, 2.45) is 5.73 Å². The molecule has 0 fully saturated rings. The van der Waals surface area contributed by atoms with Crippen LogP contribution in [0.3, 0.4) is 0 Å². The van der Waals surface area contributed by atoms with Crippen molar-refractivity contribution in [3.8, 4) is 5.75 Å². The summed E-state index contributed by atoms with van der Waals surface area (Å²) >= 11 is 0. The Labute approximate surface area is 126 Å².